The molecule has 1 unspecified atom stereocenters. The van der Waals surface area contributed by atoms with E-state index in [1.165, 1.54) is 12.8 Å². The summed E-state index contributed by atoms with van der Waals surface area (Å²) >= 11 is 0. The van der Waals surface area contributed by atoms with Crippen molar-refractivity contribution in [2.24, 2.45) is 0 Å². The Hall–Kier alpha value is -0.960. The van der Waals surface area contributed by atoms with E-state index in [9.17, 15) is 8.42 Å². The lowest BCUT2D eigenvalue weighted by Crippen LogP contribution is -2.40. The summed E-state index contributed by atoms with van der Waals surface area (Å²) in [5, 5.41) is 9.78. The first kappa shape index (κ1) is 16.4. The monoisotopic (exact) mass is 315 g/mol. The van der Waals surface area contributed by atoms with Crippen LogP contribution < -0.4 is 10.0 Å². The minimum atomic E-state index is -3.58. The minimum absolute atomic E-state index is 0.1000. The number of rotatable bonds is 7. The third-order valence-corrected chi connectivity index (χ3v) is 5.37. The predicted octanol–water partition coefficient (Wildman–Crippen LogP) is 0.200. The van der Waals surface area contributed by atoms with Gasteiger partial charge in [-0.1, -0.05) is 0 Å². The molecule has 3 N–H and O–H groups in total. The van der Waals surface area contributed by atoms with Crippen molar-refractivity contribution in [1.82, 2.24) is 25.1 Å². The first-order valence-corrected chi connectivity index (χ1v) is 8.86. The van der Waals surface area contributed by atoms with E-state index in [-0.39, 0.29) is 11.1 Å². The summed E-state index contributed by atoms with van der Waals surface area (Å²) in [4.78, 5) is 2.31. The number of hydrogen-bond donors (Lipinski definition) is 3. The fourth-order valence-corrected chi connectivity index (χ4v) is 3.96. The molecule has 1 aromatic heterocycles. The van der Waals surface area contributed by atoms with Crippen molar-refractivity contribution < 1.29 is 8.42 Å². The molecule has 0 bridgehead atoms. The predicted molar refractivity (Wildman–Crippen MR) is 81.5 cm³/mol. The molecule has 1 aliphatic heterocycles. The highest BCUT2D eigenvalue weighted by Crippen LogP contribution is 2.16. The lowest BCUT2D eigenvalue weighted by molar-refractivity contribution is 0.260. The van der Waals surface area contributed by atoms with Crippen molar-refractivity contribution in [2.75, 3.05) is 26.7 Å². The number of nitrogens with one attached hydrogen (secondary N) is 3. The van der Waals surface area contributed by atoms with Gasteiger partial charge in [0.2, 0.25) is 0 Å². The summed E-state index contributed by atoms with van der Waals surface area (Å²) in [5.74, 6) is 0. The molecule has 1 saturated heterocycles. The third kappa shape index (κ3) is 3.82. The number of aryl methyl sites for hydroxylation is 1. The van der Waals surface area contributed by atoms with Gasteiger partial charge in [-0.3, -0.25) is 10.00 Å². The Morgan fingerprint density at radius 1 is 1.38 bits per heavy atom. The lowest BCUT2D eigenvalue weighted by atomic mass is 10.3. The van der Waals surface area contributed by atoms with Crippen molar-refractivity contribution in [1.29, 1.82) is 0 Å². The summed E-state index contributed by atoms with van der Waals surface area (Å²) < 4.78 is 27.5. The van der Waals surface area contributed by atoms with E-state index in [0.29, 0.717) is 18.7 Å². The van der Waals surface area contributed by atoms with Crippen LogP contribution in [0.4, 0.5) is 0 Å². The normalized spacial score (nSPS) is 18.2. The van der Waals surface area contributed by atoms with Crippen LogP contribution in [-0.4, -0.2) is 56.2 Å². The number of H-pyrrole nitrogens is 1. The number of aromatic nitrogens is 2. The molecule has 21 heavy (non-hydrogen) atoms. The van der Waals surface area contributed by atoms with Gasteiger partial charge in [0, 0.05) is 30.4 Å². The zero-order valence-electron chi connectivity index (χ0n) is 12.9. The molecule has 0 amide bonds. The molecule has 120 valence electrons. The maximum Gasteiger partial charge on any atom is 0.260 e. The Morgan fingerprint density at radius 3 is 2.67 bits per heavy atom. The first-order valence-electron chi connectivity index (χ1n) is 7.38. The van der Waals surface area contributed by atoms with E-state index in [4.69, 9.17) is 0 Å². The highest BCUT2D eigenvalue weighted by atomic mass is 32.2. The van der Waals surface area contributed by atoms with Crippen LogP contribution in [0, 0.1) is 6.92 Å². The molecular weight excluding hydrogens is 290 g/mol. The molecule has 1 aromatic rings. The highest BCUT2D eigenvalue weighted by molar-refractivity contribution is 7.89. The van der Waals surface area contributed by atoms with Crippen LogP contribution in [0.15, 0.2) is 5.03 Å². The van der Waals surface area contributed by atoms with Gasteiger partial charge >= 0.3 is 0 Å². The number of aromatic amines is 1. The number of nitrogens with zero attached hydrogens (tertiary/aromatic N) is 2. The molecule has 8 heteroatoms. The minimum Gasteiger partial charge on any atom is -0.316 e. The Kier molecular flexibility index (Phi) is 5.37. The smallest absolute Gasteiger partial charge is 0.260 e. The van der Waals surface area contributed by atoms with Gasteiger partial charge in [-0.15, -0.1) is 0 Å². The van der Waals surface area contributed by atoms with Gasteiger partial charge in [0.15, 0.2) is 5.03 Å². The van der Waals surface area contributed by atoms with Gasteiger partial charge in [0.1, 0.15) is 0 Å². The second-order valence-corrected chi connectivity index (χ2v) is 7.29. The molecule has 1 atom stereocenters. The lowest BCUT2D eigenvalue weighted by Gasteiger charge is -2.23. The van der Waals surface area contributed by atoms with Crippen LogP contribution >= 0.6 is 0 Å². The van der Waals surface area contributed by atoms with Gasteiger partial charge in [-0.2, -0.15) is 5.10 Å². The summed E-state index contributed by atoms with van der Waals surface area (Å²) in [5.41, 5.74) is 1.47. The SMILES string of the molecule is CNCc1c(S(=O)(=O)NCC(C)N2CCCC2)n[nH]c1C. The van der Waals surface area contributed by atoms with E-state index in [1.807, 2.05) is 6.92 Å². The number of hydrogen-bond acceptors (Lipinski definition) is 5. The van der Waals surface area contributed by atoms with Crippen LogP contribution in [0.3, 0.4) is 0 Å². The van der Waals surface area contributed by atoms with Crippen LogP contribution in [0.25, 0.3) is 0 Å². The summed E-state index contributed by atoms with van der Waals surface area (Å²) in [6, 6.07) is 0.204. The van der Waals surface area contributed by atoms with Gasteiger partial charge in [0.25, 0.3) is 10.0 Å². The summed E-state index contributed by atoms with van der Waals surface area (Å²) in [6.07, 6.45) is 2.39. The van der Waals surface area contributed by atoms with E-state index < -0.39 is 10.0 Å². The van der Waals surface area contributed by atoms with E-state index in [0.717, 1.165) is 18.8 Å². The standard InChI is InChI=1S/C13H25N5O2S/c1-10(18-6-4-5-7-18)8-15-21(19,20)13-12(9-14-3)11(2)16-17-13/h10,14-15H,4-9H2,1-3H3,(H,16,17). The Balaban J connectivity index is 2.04. The fourth-order valence-electron chi connectivity index (χ4n) is 2.65. The number of likely N-dealkylation sites (tertiary alicyclic amines) is 1. The average molecular weight is 315 g/mol. The molecule has 2 heterocycles. The molecule has 0 aliphatic carbocycles. The Bertz CT molecular complexity index is 563. The quantitative estimate of drug-likeness (QED) is 0.669. The Labute approximate surface area is 126 Å². The van der Waals surface area contributed by atoms with Crippen LogP contribution in [-0.2, 0) is 16.6 Å². The van der Waals surface area contributed by atoms with Gasteiger partial charge in [-0.25, -0.2) is 13.1 Å². The number of sulfonamides is 1. The van der Waals surface area contributed by atoms with E-state index >= 15 is 0 Å². The average Bonchev–Trinajstić information content (AvgIpc) is 3.08. The van der Waals surface area contributed by atoms with Crippen molar-refractivity contribution in [3.63, 3.8) is 0 Å². The molecule has 1 fully saturated rings. The highest BCUT2D eigenvalue weighted by Gasteiger charge is 2.25. The van der Waals surface area contributed by atoms with Crippen LogP contribution in [0.2, 0.25) is 0 Å². The molecule has 0 radical (unpaired) electrons. The molecule has 0 spiro atoms. The van der Waals surface area contributed by atoms with Crippen LogP contribution in [0.1, 0.15) is 31.0 Å². The second-order valence-electron chi connectivity index (χ2n) is 5.61. The molecule has 0 aromatic carbocycles. The second kappa shape index (κ2) is 6.87. The fraction of sp³-hybridized carbons (Fsp3) is 0.769. The van der Waals surface area contributed by atoms with Crippen molar-refractivity contribution >= 4 is 10.0 Å². The topological polar surface area (TPSA) is 90.1 Å². The third-order valence-electron chi connectivity index (χ3n) is 3.98. The van der Waals surface area contributed by atoms with Gasteiger partial charge < -0.3 is 5.32 Å². The Morgan fingerprint density at radius 2 is 2.05 bits per heavy atom. The zero-order chi connectivity index (χ0) is 15.5. The molecule has 0 saturated carbocycles. The maximum atomic E-state index is 12.4. The first-order chi connectivity index (χ1) is 9.95. The molecule has 1 aliphatic rings. The van der Waals surface area contributed by atoms with Crippen molar-refractivity contribution in [2.45, 2.75) is 44.3 Å². The van der Waals surface area contributed by atoms with E-state index in [2.05, 4.69) is 32.1 Å². The summed E-state index contributed by atoms with van der Waals surface area (Å²) in [7, 11) is -1.79. The van der Waals surface area contributed by atoms with Crippen molar-refractivity contribution in [3.8, 4) is 0 Å². The van der Waals surface area contributed by atoms with Gasteiger partial charge in [-0.05, 0) is 46.8 Å². The van der Waals surface area contributed by atoms with Gasteiger partial charge in [0.05, 0.1) is 0 Å². The molecule has 7 nitrogen and oxygen atoms in total. The maximum absolute atomic E-state index is 12.4. The molecule has 2 rings (SSSR count). The van der Waals surface area contributed by atoms with Crippen molar-refractivity contribution in [3.05, 3.63) is 11.3 Å². The largest absolute Gasteiger partial charge is 0.316 e. The molecular formula is C13H25N5O2S. The summed E-state index contributed by atoms with van der Waals surface area (Å²) in [6.45, 7) is 6.86. The van der Waals surface area contributed by atoms with E-state index in [1.54, 1.807) is 7.05 Å². The van der Waals surface area contributed by atoms with Crippen LogP contribution in [0.5, 0.6) is 0 Å². The zero-order valence-corrected chi connectivity index (χ0v) is 13.8.